The second-order valence-electron chi connectivity index (χ2n) is 6.65. The van der Waals surface area contributed by atoms with Crippen LogP contribution in [0.25, 0.3) is 0 Å². The van der Waals surface area contributed by atoms with Crippen molar-refractivity contribution in [1.29, 1.82) is 0 Å². The molecule has 1 aromatic carbocycles. The highest BCUT2D eigenvalue weighted by Gasteiger charge is 2.43. The molecular weight excluding hydrogens is 258 g/mol. The van der Waals surface area contributed by atoms with Gasteiger partial charge in [0, 0.05) is 12.6 Å². The molecule has 116 valence electrons. The van der Waals surface area contributed by atoms with Crippen molar-refractivity contribution in [2.45, 2.75) is 63.5 Å². The number of hydrogen-bond donors (Lipinski definition) is 1. The van der Waals surface area contributed by atoms with E-state index in [0.717, 1.165) is 25.0 Å². The second-order valence-corrected chi connectivity index (χ2v) is 6.65. The van der Waals surface area contributed by atoms with E-state index < -0.39 is 0 Å². The monoisotopic (exact) mass is 287 g/mol. The van der Waals surface area contributed by atoms with Gasteiger partial charge in [0.05, 0.1) is 6.10 Å². The van der Waals surface area contributed by atoms with Crippen LogP contribution in [0.3, 0.4) is 0 Å². The van der Waals surface area contributed by atoms with Crippen molar-refractivity contribution < 1.29 is 4.74 Å². The van der Waals surface area contributed by atoms with E-state index in [2.05, 4.69) is 42.6 Å². The lowest BCUT2D eigenvalue weighted by Gasteiger charge is -2.25. The van der Waals surface area contributed by atoms with Gasteiger partial charge in [-0.3, -0.25) is 0 Å². The number of ether oxygens (including phenoxy) is 1. The van der Waals surface area contributed by atoms with Crippen LogP contribution in [-0.2, 0) is 4.74 Å². The van der Waals surface area contributed by atoms with E-state index >= 15 is 0 Å². The average molecular weight is 287 g/mol. The Balaban J connectivity index is 1.50. The highest BCUT2D eigenvalue weighted by molar-refractivity contribution is 5.26. The summed E-state index contributed by atoms with van der Waals surface area (Å²) in [5, 5.41) is 3.73. The first kappa shape index (κ1) is 15.1. The quantitative estimate of drug-likeness (QED) is 0.814. The molecule has 2 fully saturated rings. The van der Waals surface area contributed by atoms with Gasteiger partial charge in [-0.15, -0.1) is 0 Å². The van der Waals surface area contributed by atoms with Crippen LogP contribution >= 0.6 is 0 Å². The van der Waals surface area contributed by atoms with Gasteiger partial charge in [-0.05, 0) is 62.5 Å². The number of nitrogens with one attached hydrogen (secondary N) is 1. The van der Waals surface area contributed by atoms with E-state index in [1.54, 1.807) is 0 Å². The van der Waals surface area contributed by atoms with Crippen molar-refractivity contribution in [2.75, 3.05) is 13.2 Å². The normalized spacial score (nSPS) is 30.0. The summed E-state index contributed by atoms with van der Waals surface area (Å²) >= 11 is 0. The molecule has 0 bridgehead atoms. The molecule has 1 aliphatic heterocycles. The van der Waals surface area contributed by atoms with Crippen LogP contribution in [-0.4, -0.2) is 25.3 Å². The zero-order valence-electron chi connectivity index (χ0n) is 13.3. The summed E-state index contributed by atoms with van der Waals surface area (Å²) in [6.07, 6.45) is 8.26. The zero-order chi connectivity index (χ0) is 14.5. The van der Waals surface area contributed by atoms with Gasteiger partial charge in [0.25, 0.3) is 0 Å². The van der Waals surface area contributed by atoms with Crippen LogP contribution in [0.5, 0.6) is 0 Å². The predicted molar refractivity (Wildman–Crippen MR) is 87.6 cm³/mol. The third-order valence-corrected chi connectivity index (χ3v) is 5.12. The SMILES string of the molecule is CCNC(CCC1CCCCO1)C1CC1c1ccccc1. The van der Waals surface area contributed by atoms with E-state index in [0.29, 0.717) is 12.1 Å². The topological polar surface area (TPSA) is 21.3 Å². The Bertz CT molecular complexity index is 413. The molecule has 1 aromatic rings. The van der Waals surface area contributed by atoms with Crippen LogP contribution < -0.4 is 5.32 Å². The molecule has 2 heteroatoms. The van der Waals surface area contributed by atoms with Crippen molar-refractivity contribution >= 4 is 0 Å². The van der Waals surface area contributed by atoms with Crippen molar-refractivity contribution in [3.8, 4) is 0 Å². The molecule has 2 aliphatic rings. The van der Waals surface area contributed by atoms with Crippen LogP contribution in [0.15, 0.2) is 30.3 Å². The van der Waals surface area contributed by atoms with Crippen molar-refractivity contribution in [3.05, 3.63) is 35.9 Å². The summed E-state index contributed by atoms with van der Waals surface area (Å²) in [6.45, 7) is 4.28. The molecule has 1 heterocycles. The second kappa shape index (κ2) is 7.42. The lowest BCUT2D eigenvalue weighted by Crippen LogP contribution is -2.33. The first-order valence-electron chi connectivity index (χ1n) is 8.78. The predicted octanol–water partition coefficient (Wildman–Crippen LogP) is 4.12. The molecule has 0 aromatic heterocycles. The minimum Gasteiger partial charge on any atom is -0.378 e. The van der Waals surface area contributed by atoms with Gasteiger partial charge in [-0.2, -0.15) is 0 Å². The minimum atomic E-state index is 0.522. The molecule has 1 saturated carbocycles. The molecule has 4 atom stereocenters. The Hall–Kier alpha value is -0.860. The summed E-state index contributed by atoms with van der Waals surface area (Å²) in [5.74, 6) is 1.61. The van der Waals surface area contributed by atoms with Crippen LogP contribution in [0.2, 0.25) is 0 Å². The van der Waals surface area contributed by atoms with E-state index in [9.17, 15) is 0 Å². The third-order valence-electron chi connectivity index (χ3n) is 5.12. The highest BCUT2D eigenvalue weighted by Crippen LogP contribution is 2.50. The lowest BCUT2D eigenvalue weighted by molar-refractivity contribution is 0.00820. The van der Waals surface area contributed by atoms with Gasteiger partial charge in [0.15, 0.2) is 0 Å². The maximum atomic E-state index is 5.89. The summed E-state index contributed by atoms with van der Waals surface area (Å²) in [5.41, 5.74) is 1.53. The highest BCUT2D eigenvalue weighted by atomic mass is 16.5. The largest absolute Gasteiger partial charge is 0.378 e. The van der Waals surface area contributed by atoms with E-state index in [4.69, 9.17) is 4.74 Å². The minimum absolute atomic E-state index is 0.522. The van der Waals surface area contributed by atoms with Crippen molar-refractivity contribution in [3.63, 3.8) is 0 Å². The molecule has 1 aliphatic carbocycles. The van der Waals surface area contributed by atoms with Gasteiger partial charge in [-0.1, -0.05) is 37.3 Å². The smallest absolute Gasteiger partial charge is 0.0575 e. The van der Waals surface area contributed by atoms with Gasteiger partial charge < -0.3 is 10.1 Å². The lowest BCUT2D eigenvalue weighted by atomic mass is 9.97. The first-order valence-corrected chi connectivity index (χ1v) is 8.78. The van der Waals surface area contributed by atoms with Gasteiger partial charge >= 0.3 is 0 Å². The van der Waals surface area contributed by atoms with Gasteiger partial charge in [0.2, 0.25) is 0 Å². The molecule has 0 radical (unpaired) electrons. The van der Waals surface area contributed by atoms with Gasteiger partial charge in [-0.25, -0.2) is 0 Å². The summed E-state index contributed by atoms with van der Waals surface area (Å²) in [7, 11) is 0. The first-order chi connectivity index (χ1) is 10.4. The maximum Gasteiger partial charge on any atom is 0.0575 e. The third kappa shape index (κ3) is 4.08. The summed E-state index contributed by atoms with van der Waals surface area (Å²) in [4.78, 5) is 0. The Morgan fingerprint density at radius 2 is 2.10 bits per heavy atom. The Labute approximate surface area is 129 Å². The molecule has 1 saturated heterocycles. The van der Waals surface area contributed by atoms with Crippen molar-refractivity contribution in [2.24, 2.45) is 5.92 Å². The fraction of sp³-hybridized carbons (Fsp3) is 0.684. The van der Waals surface area contributed by atoms with E-state index in [1.807, 2.05) is 0 Å². The molecular formula is C19H29NO. The van der Waals surface area contributed by atoms with Crippen molar-refractivity contribution in [1.82, 2.24) is 5.32 Å². The Kier molecular flexibility index (Phi) is 5.32. The fourth-order valence-electron chi connectivity index (χ4n) is 3.87. The zero-order valence-corrected chi connectivity index (χ0v) is 13.3. The molecule has 21 heavy (non-hydrogen) atoms. The van der Waals surface area contributed by atoms with Gasteiger partial charge in [0.1, 0.15) is 0 Å². The average Bonchev–Trinajstić information content (AvgIpc) is 3.34. The fourth-order valence-corrected chi connectivity index (χ4v) is 3.87. The van der Waals surface area contributed by atoms with E-state index in [-0.39, 0.29) is 0 Å². The standard InChI is InChI=1S/C19H29NO/c1-2-20-19(12-11-16-10-6-7-13-21-16)18-14-17(18)15-8-4-3-5-9-15/h3-5,8-9,16-20H,2,6-7,10-14H2,1H3. The number of hydrogen-bond acceptors (Lipinski definition) is 2. The van der Waals surface area contributed by atoms with E-state index in [1.165, 1.54) is 44.1 Å². The molecule has 0 amide bonds. The van der Waals surface area contributed by atoms with Crippen LogP contribution in [0.1, 0.15) is 56.9 Å². The molecule has 1 N–H and O–H groups in total. The molecule has 2 nitrogen and oxygen atoms in total. The number of rotatable bonds is 7. The van der Waals surface area contributed by atoms with Crippen LogP contribution in [0.4, 0.5) is 0 Å². The molecule has 3 rings (SSSR count). The molecule has 0 spiro atoms. The number of benzene rings is 1. The maximum absolute atomic E-state index is 5.89. The summed E-state index contributed by atoms with van der Waals surface area (Å²) < 4.78 is 5.89. The Morgan fingerprint density at radius 3 is 2.81 bits per heavy atom. The molecule has 4 unspecified atom stereocenters. The van der Waals surface area contributed by atoms with Crippen LogP contribution in [0, 0.1) is 5.92 Å². The Morgan fingerprint density at radius 1 is 1.24 bits per heavy atom. The summed E-state index contributed by atoms with van der Waals surface area (Å²) in [6, 6.07) is 11.7.